The number of halogens is 1. The Balaban J connectivity index is 2.38. The van der Waals surface area contributed by atoms with Crippen LogP contribution in [0.2, 0.25) is 0 Å². The zero-order valence-electron chi connectivity index (χ0n) is 9.59. The third-order valence-corrected chi connectivity index (χ3v) is 2.45. The van der Waals surface area contributed by atoms with Gasteiger partial charge in [-0.15, -0.1) is 0 Å². The van der Waals surface area contributed by atoms with Crippen molar-refractivity contribution in [1.82, 2.24) is 0 Å². The molecule has 3 heteroatoms. The standard InChI is InChI=1S/C13H17FN2/c1-2-3-4-5-8-16-12-7-6-11(10-15)13(14)9-12/h6-7,9,16H,2-5,8H2,1H3. The molecule has 0 aliphatic carbocycles. The fourth-order valence-electron chi connectivity index (χ4n) is 1.50. The normalized spacial score (nSPS) is 9.81. The van der Waals surface area contributed by atoms with Gasteiger partial charge >= 0.3 is 0 Å². The molecule has 1 aromatic rings. The number of benzene rings is 1. The highest BCUT2D eigenvalue weighted by Crippen LogP contribution is 2.13. The Morgan fingerprint density at radius 3 is 2.75 bits per heavy atom. The molecule has 1 rings (SSSR count). The van der Waals surface area contributed by atoms with Gasteiger partial charge in [-0.3, -0.25) is 0 Å². The topological polar surface area (TPSA) is 35.8 Å². The Kier molecular flexibility index (Phi) is 5.35. The molecule has 0 fully saturated rings. The molecule has 0 unspecified atom stereocenters. The minimum absolute atomic E-state index is 0.0940. The average Bonchev–Trinajstić information content (AvgIpc) is 2.29. The fraction of sp³-hybridized carbons (Fsp3) is 0.462. The third-order valence-electron chi connectivity index (χ3n) is 2.45. The van der Waals surface area contributed by atoms with Crippen LogP contribution in [0.5, 0.6) is 0 Å². The fourth-order valence-corrected chi connectivity index (χ4v) is 1.50. The number of hydrogen-bond donors (Lipinski definition) is 1. The van der Waals surface area contributed by atoms with Crippen LogP contribution < -0.4 is 5.32 Å². The first-order valence-electron chi connectivity index (χ1n) is 5.71. The maximum atomic E-state index is 13.2. The maximum Gasteiger partial charge on any atom is 0.143 e. The summed E-state index contributed by atoms with van der Waals surface area (Å²) >= 11 is 0. The van der Waals surface area contributed by atoms with Gasteiger partial charge in [-0.25, -0.2) is 4.39 Å². The lowest BCUT2D eigenvalue weighted by atomic mass is 10.2. The first-order chi connectivity index (χ1) is 7.77. The van der Waals surface area contributed by atoms with Crippen molar-refractivity contribution in [3.05, 3.63) is 29.6 Å². The van der Waals surface area contributed by atoms with Crippen LogP contribution in [0.3, 0.4) is 0 Å². The average molecular weight is 220 g/mol. The number of anilines is 1. The second kappa shape index (κ2) is 6.84. The molecule has 0 aliphatic rings. The first-order valence-corrected chi connectivity index (χ1v) is 5.71. The van der Waals surface area contributed by atoms with E-state index in [2.05, 4.69) is 12.2 Å². The number of unbranched alkanes of at least 4 members (excludes halogenated alkanes) is 3. The highest BCUT2D eigenvalue weighted by molar-refractivity contribution is 5.47. The molecule has 0 atom stereocenters. The predicted octanol–water partition coefficient (Wildman–Crippen LogP) is 3.69. The van der Waals surface area contributed by atoms with Gasteiger partial charge in [0.15, 0.2) is 0 Å². The van der Waals surface area contributed by atoms with Gasteiger partial charge in [0.05, 0.1) is 5.56 Å². The lowest BCUT2D eigenvalue weighted by molar-refractivity contribution is 0.624. The van der Waals surface area contributed by atoms with Gasteiger partial charge in [0.25, 0.3) is 0 Å². The van der Waals surface area contributed by atoms with Crippen molar-refractivity contribution in [2.75, 3.05) is 11.9 Å². The smallest absolute Gasteiger partial charge is 0.143 e. The number of nitrogens with zero attached hydrogens (tertiary/aromatic N) is 1. The Labute approximate surface area is 96.1 Å². The van der Waals surface area contributed by atoms with Gasteiger partial charge in [0.1, 0.15) is 11.9 Å². The quantitative estimate of drug-likeness (QED) is 0.742. The highest BCUT2D eigenvalue weighted by atomic mass is 19.1. The minimum Gasteiger partial charge on any atom is -0.385 e. The second-order valence-electron chi connectivity index (χ2n) is 3.79. The van der Waals surface area contributed by atoms with Crippen molar-refractivity contribution in [2.45, 2.75) is 32.6 Å². The second-order valence-corrected chi connectivity index (χ2v) is 3.79. The van der Waals surface area contributed by atoms with E-state index in [1.165, 1.54) is 31.4 Å². The van der Waals surface area contributed by atoms with Crippen molar-refractivity contribution in [1.29, 1.82) is 5.26 Å². The predicted molar refractivity (Wildman–Crippen MR) is 63.7 cm³/mol. The van der Waals surface area contributed by atoms with E-state index in [-0.39, 0.29) is 5.56 Å². The molecule has 0 amide bonds. The van der Waals surface area contributed by atoms with Crippen LogP contribution in [0.15, 0.2) is 18.2 Å². The highest BCUT2D eigenvalue weighted by Gasteiger charge is 2.01. The monoisotopic (exact) mass is 220 g/mol. The van der Waals surface area contributed by atoms with Gasteiger partial charge in [-0.1, -0.05) is 26.2 Å². The summed E-state index contributed by atoms with van der Waals surface area (Å²) in [6.07, 6.45) is 4.74. The SMILES string of the molecule is CCCCCCNc1ccc(C#N)c(F)c1. The molecule has 0 aromatic heterocycles. The Hall–Kier alpha value is -1.56. The van der Waals surface area contributed by atoms with Crippen molar-refractivity contribution >= 4 is 5.69 Å². The van der Waals surface area contributed by atoms with Gasteiger partial charge in [0.2, 0.25) is 0 Å². The van der Waals surface area contributed by atoms with Crippen LogP contribution in [0.4, 0.5) is 10.1 Å². The van der Waals surface area contributed by atoms with Gasteiger partial charge in [-0.2, -0.15) is 5.26 Å². The summed E-state index contributed by atoms with van der Waals surface area (Å²) in [6.45, 7) is 3.02. The summed E-state index contributed by atoms with van der Waals surface area (Å²) in [5.74, 6) is -0.457. The van der Waals surface area contributed by atoms with E-state index >= 15 is 0 Å². The molecule has 0 radical (unpaired) electrons. The summed E-state index contributed by atoms with van der Waals surface area (Å²) in [6, 6.07) is 6.42. The zero-order valence-corrected chi connectivity index (χ0v) is 9.59. The lowest BCUT2D eigenvalue weighted by Crippen LogP contribution is -2.01. The summed E-state index contributed by atoms with van der Waals surface area (Å²) in [4.78, 5) is 0. The number of nitriles is 1. The van der Waals surface area contributed by atoms with Crippen LogP contribution in [-0.2, 0) is 0 Å². The Morgan fingerprint density at radius 2 is 2.12 bits per heavy atom. The Bertz CT molecular complexity index is 369. The van der Waals surface area contributed by atoms with Crippen LogP contribution in [0.25, 0.3) is 0 Å². The number of nitrogens with one attached hydrogen (secondary N) is 1. The van der Waals surface area contributed by atoms with Crippen molar-refractivity contribution in [3.8, 4) is 6.07 Å². The molecule has 0 bridgehead atoms. The van der Waals surface area contributed by atoms with E-state index in [9.17, 15) is 4.39 Å². The summed E-state index contributed by atoms with van der Waals surface area (Å²) in [7, 11) is 0. The van der Waals surface area contributed by atoms with Crippen molar-refractivity contribution < 1.29 is 4.39 Å². The molecular formula is C13H17FN2. The van der Waals surface area contributed by atoms with Gasteiger partial charge in [0, 0.05) is 12.2 Å². The van der Waals surface area contributed by atoms with E-state index < -0.39 is 5.82 Å². The molecule has 2 nitrogen and oxygen atoms in total. The van der Waals surface area contributed by atoms with Crippen molar-refractivity contribution in [3.63, 3.8) is 0 Å². The van der Waals surface area contributed by atoms with E-state index in [1.807, 2.05) is 0 Å². The summed E-state index contributed by atoms with van der Waals surface area (Å²) in [5.41, 5.74) is 0.838. The molecule has 0 saturated carbocycles. The van der Waals surface area contributed by atoms with Crippen LogP contribution in [0.1, 0.15) is 38.2 Å². The molecule has 0 saturated heterocycles. The number of rotatable bonds is 6. The van der Waals surface area contributed by atoms with Crippen LogP contribution >= 0.6 is 0 Å². The molecule has 0 spiro atoms. The molecule has 0 aliphatic heterocycles. The summed E-state index contributed by atoms with van der Waals surface area (Å²) < 4.78 is 13.2. The molecule has 1 N–H and O–H groups in total. The summed E-state index contributed by atoms with van der Waals surface area (Å²) in [5, 5.41) is 11.7. The Morgan fingerprint density at radius 1 is 1.31 bits per heavy atom. The van der Waals surface area contributed by atoms with Crippen LogP contribution in [-0.4, -0.2) is 6.54 Å². The van der Waals surface area contributed by atoms with E-state index in [4.69, 9.17) is 5.26 Å². The maximum absolute atomic E-state index is 13.2. The molecule has 16 heavy (non-hydrogen) atoms. The lowest BCUT2D eigenvalue weighted by Gasteiger charge is -2.06. The molecular weight excluding hydrogens is 203 g/mol. The number of hydrogen-bond acceptors (Lipinski definition) is 2. The third kappa shape index (κ3) is 3.90. The van der Waals surface area contributed by atoms with Gasteiger partial charge < -0.3 is 5.32 Å². The largest absolute Gasteiger partial charge is 0.385 e. The molecule has 1 aromatic carbocycles. The minimum atomic E-state index is -0.457. The molecule has 0 heterocycles. The van der Waals surface area contributed by atoms with Crippen molar-refractivity contribution in [2.24, 2.45) is 0 Å². The van der Waals surface area contributed by atoms with E-state index in [1.54, 1.807) is 12.1 Å². The van der Waals surface area contributed by atoms with E-state index in [0.717, 1.165) is 18.7 Å². The zero-order chi connectivity index (χ0) is 11.8. The van der Waals surface area contributed by atoms with Crippen LogP contribution in [0, 0.1) is 17.1 Å². The first kappa shape index (κ1) is 12.5. The van der Waals surface area contributed by atoms with Gasteiger partial charge in [-0.05, 0) is 24.6 Å². The molecule has 86 valence electrons. The van der Waals surface area contributed by atoms with E-state index in [0.29, 0.717) is 0 Å².